The van der Waals surface area contributed by atoms with Gasteiger partial charge in [-0.3, -0.25) is 0 Å². The second-order valence-corrected chi connectivity index (χ2v) is 7.98. The lowest BCUT2D eigenvalue weighted by molar-refractivity contribution is 0.171. The van der Waals surface area contributed by atoms with E-state index in [2.05, 4.69) is 5.32 Å². The van der Waals surface area contributed by atoms with Gasteiger partial charge in [0.1, 0.15) is 13.2 Å². The van der Waals surface area contributed by atoms with Gasteiger partial charge in [0.15, 0.2) is 21.3 Å². The normalized spacial score (nSPS) is 24.7. The number of sulfone groups is 1. The average molecular weight is 311 g/mol. The predicted molar refractivity (Wildman–Crippen MR) is 80.6 cm³/mol. The summed E-state index contributed by atoms with van der Waals surface area (Å²) in [5.74, 6) is 2.44. The largest absolute Gasteiger partial charge is 0.486 e. The first-order valence-corrected chi connectivity index (χ1v) is 9.17. The quantitative estimate of drug-likeness (QED) is 0.914. The van der Waals surface area contributed by atoms with E-state index < -0.39 is 9.84 Å². The number of nitrogens with one attached hydrogen (secondary N) is 1. The number of ether oxygens (including phenoxy) is 2. The summed E-state index contributed by atoms with van der Waals surface area (Å²) >= 11 is 0. The molecule has 1 N–H and O–H groups in total. The Labute approximate surface area is 125 Å². The zero-order valence-electron chi connectivity index (χ0n) is 12.2. The summed E-state index contributed by atoms with van der Waals surface area (Å²) < 4.78 is 34.3. The van der Waals surface area contributed by atoms with Gasteiger partial charge in [0.05, 0.1) is 11.5 Å². The number of hydrogen-bond acceptors (Lipinski definition) is 5. The summed E-state index contributed by atoms with van der Waals surface area (Å²) in [6.45, 7) is 1.16. The van der Waals surface area contributed by atoms with E-state index in [4.69, 9.17) is 9.47 Å². The molecule has 1 aromatic carbocycles. The lowest BCUT2D eigenvalue weighted by Gasteiger charge is -2.23. The number of benzene rings is 1. The predicted octanol–water partition coefficient (Wildman–Crippen LogP) is 1.54. The molecule has 1 saturated heterocycles. The molecule has 21 heavy (non-hydrogen) atoms. The molecule has 5 nitrogen and oxygen atoms in total. The molecule has 2 aliphatic heterocycles. The van der Waals surface area contributed by atoms with E-state index in [1.165, 1.54) is 0 Å². The molecule has 1 aromatic rings. The van der Waals surface area contributed by atoms with E-state index >= 15 is 0 Å². The van der Waals surface area contributed by atoms with Crippen molar-refractivity contribution in [2.45, 2.75) is 18.9 Å². The number of rotatable bonds is 4. The van der Waals surface area contributed by atoms with Gasteiger partial charge in [-0.1, -0.05) is 6.07 Å². The molecule has 0 spiro atoms. The van der Waals surface area contributed by atoms with Gasteiger partial charge in [-0.2, -0.15) is 0 Å². The van der Waals surface area contributed by atoms with Crippen molar-refractivity contribution in [3.63, 3.8) is 0 Å². The van der Waals surface area contributed by atoms with Crippen molar-refractivity contribution in [1.29, 1.82) is 0 Å². The minimum absolute atomic E-state index is 0.138. The van der Waals surface area contributed by atoms with Gasteiger partial charge in [0.2, 0.25) is 0 Å². The fourth-order valence-electron chi connectivity index (χ4n) is 3.09. The van der Waals surface area contributed by atoms with Crippen molar-refractivity contribution in [3.8, 4) is 11.5 Å². The van der Waals surface area contributed by atoms with Crippen LogP contribution in [0.15, 0.2) is 18.2 Å². The van der Waals surface area contributed by atoms with Gasteiger partial charge in [-0.05, 0) is 43.5 Å². The van der Waals surface area contributed by atoms with Crippen molar-refractivity contribution >= 4 is 9.84 Å². The molecular weight excluding hydrogens is 290 g/mol. The van der Waals surface area contributed by atoms with Crippen LogP contribution in [0, 0.1) is 5.92 Å². The van der Waals surface area contributed by atoms with Crippen molar-refractivity contribution in [3.05, 3.63) is 23.8 Å². The van der Waals surface area contributed by atoms with E-state index in [1.807, 2.05) is 25.2 Å². The van der Waals surface area contributed by atoms with Crippen LogP contribution in [0.25, 0.3) is 0 Å². The number of hydrogen-bond donors (Lipinski definition) is 1. The molecule has 0 saturated carbocycles. The zero-order valence-corrected chi connectivity index (χ0v) is 13.0. The second-order valence-electron chi connectivity index (χ2n) is 5.75. The van der Waals surface area contributed by atoms with Gasteiger partial charge < -0.3 is 14.8 Å². The molecule has 2 atom stereocenters. The van der Waals surface area contributed by atoms with Gasteiger partial charge >= 0.3 is 0 Å². The smallest absolute Gasteiger partial charge is 0.161 e. The van der Waals surface area contributed by atoms with E-state index in [0.717, 1.165) is 29.9 Å². The third kappa shape index (κ3) is 3.32. The van der Waals surface area contributed by atoms with Crippen LogP contribution in [0.1, 0.15) is 24.4 Å². The summed E-state index contributed by atoms with van der Waals surface area (Å²) in [5.41, 5.74) is 1.12. The van der Waals surface area contributed by atoms with Gasteiger partial charge in [-0.25, -0.2) is 8.42 Å². The Kier molecular flexibility index (Phi) is 4.08. The Balaban J connectivity index is 1.74. The van der Waals surface area contributed by atoms with E-state index in [9.17, 15) is 8.42 Å². The highest BCUT2D eigenvalue weighted by molar-refractivity contribution is 7.91. The minimum atomic E-state index is -2.82. The monoisotopic (exact) mass is 311 g/mol. The van der Waals surface area contributed by atoms with Crippen LogP contribution in [0.2, 0.25) is 0 Å². The maximum Gasteiger partial charge on any atom is 0.161 e. The molecule has 116 valence electrons. The van der Waals surface area contributed by atoms with Gasteiger partial charge in [0, 0.05) is 6.04 Å². The maximum absolute atomic E-state index is 11.6. The Bertz CT molecular complexity index is 614. The highest BCUT2D eigenvalue weighted by Crippen LogP contribution is 2.35. The van der Waals surface area contributed by atoms with Crippen molar-refractivity contribution in [2.24, 2.45) is 5.92 Å². The molecule has 0 aromatic heterocycles. The maximum atomic E-state index is 11.6. The Morgan fingerprint density at radius 1 is 1.29 bits per heavy atom. The Morgan fingerprint density at radius 2 is 2.05 bits per heavy atom. The summed E-state index contributed by atoms with van der Waals surface area (Å²) in [6, 6.07) is 6.09. The molecule has 2 aliphatic rings. The SMILES string of the molecule is CNC(CC1CCS(=O)(=O)C1)c1ccc2c(c1)OCCO2. The second kappa shape index (κ2) is 5.85. The molecule has 3 rings (SSSR count). The molecular formula is C15H21NO4S. The molecule has 0 amide bonds. The summed E-state index contributed by atoms with van der Waals surface area (Å²) in [6.07, 6.45) is 1.60. The first-order chi connectivity index (χ1) is 10.1. The zero-order chi connectivity index (χ0) is 14.9. The van der Waals surface area contributed by atoms with Crippen LogP contribution in [0.4, 0.5) is 0 Å². The molecule has 0 aliphatic carbocycles. The molecule has 2 heterocycles. The van der Waals surface area contributed by atoms with Crippen LogP contribution in [-0.4, -0.2) is 40.2 Å². The lowest BCUT2D eigenvalue weighted by atomic mass is 9.94. The van der Waals surface area contributed by atoms with Crippen LogP contribution < -0.4 is 14.8 Å². The minimum Gasteiger partial charge on any atom is -0.486 e. The molecule has 6 heteroatoms. The van der Waals surface area contributed by atoms with Crippen molar-refractivity contribution in [1.82, 2.24) is 5.32 Å². The molecule has 2 unspecified atom stereocenters. The Hall–Kier alpha value is -1.27. The first kappa shape index (κ1) is 14.7. The highest BCUT2D eigenvalue weighted by Gasteiger charge is 2.30. The van der Waals surface area contributed by atoms with Crippen LogP contribution in [0.5, 0.6) is 11.5 Å². The Morgan fingerprint density at radius 3 is 2.71 bits per heavy atom. The van der Waals surface area contributed by atoms with E-state index in [1.54, 1.807) is 0 Å². The summed E-state index contributed by atoms with van der Waals surface area (Å²) in [7, 11) is -0.911. The van der Waals surface area contributed by atoms with E-state index in [-0.39, 0.29) is 12.0 Å². The van der Waals surface area contributed by atoms with Crippen LogP contribution >= 0.6 is 0 Å². The molecule has 1 fully saturated rings. The van der Waals surface area contributed by atoms with Crippen molar-refractivity contribution in [2.75, 3.05) is 31.8 Å². The van der Waals surface area contributed by atoms with Gasteiger partial charge in [0.25, 0.3) is 0 Å². The third-order valence-corrected chi connectivity index (χ3v) is 6.05. The molecule has 0 bridgehead atoms. The topological polar surface area (TPSA) is 64.6 Å². The lowest BCUT2D eigenvalue weighted by Crippen LogP contribution is -2.21. The fourth-order valence-corrected chi connectivity index (χ4v) is 4.97. The van der Waals surface area contributed by atoms with E-state index in [0.29, 0.717) is 24.7 Å². The van der Waals surface area contributed by atoms with Crippen LogP contribution in [0.3, 0.4) is 0 Å². The van der Waals surface area contributed by atoms with Gasteiger partial charge in [-0.15, -0.1) is 0 Å². The summed E-state index contributed by atoms with van der Waals surface area (Å²) in [4.78, 5) is 0. The standard InChI is InChI=1S/C15H21NO4S/c1-16-13(8-11-4-7-21(17,18)10-11)12-2-3-14-15(9-12)20-6-5-19-14/h2-3,9,11,13,16H,4-8,10H2,1H3. The summed E-state index contributed by atoms with van der Waals surface area (Å²) in [5, 5.41) is 3.29. The first-order valence-electron chi connectivity index (χ1n) is 7.34. The average Bonchev–Trinajstić information content (AvgIpc) is 2.83. The molecule has 0 radical (unpaired) electrons. The van der Waals surface area contributed by atoms with Crippen LogP contribution in [-0.2, 0) is 9.84 Å². The fraction of sp³-hybridized carbons (Fsp3) is 0.600. The van der Waals surface area contributed by atoms with Crippen molar-refractivity contribution < 1.29 is 17.9 Å². The highest BCUT2D eigenvalue weighted by atomic mass is 32.2. The third-order valence-electron chi connectivity index (χ3n) is 4.21. The number of fused-ring (bicyclic) bond motifs is 1.